The smallest absolute Gasteiger partial charge is 0.0898 e. The van der Waals surface area contributed by atoms with Crippen LogP contribution in [0.3, 0.4) is 0 Å². The first kappa shape index (κ1) is 12.3. The zero-order valence-electron chi connectivity index (χ0n) is 10.5. The summed E-state index contributed by atoms with van der Waals surface area (Å²) in [5, 5.41) is 11.0. The number of thiazole rings is 1. The quantitative estimate of drug-likeness (QED) is 0.885. The zero-order valence-corrected chi connectivity index (χ0v) is 11.3. The van der Waals surface area contributed by atoms with Crippen molar-refractivity contribution < 1.29 is 0 Å². The SMILES string of the molecule is CCCNC(c1cnn(C)c1)c1csc(C)n1. The Balaban J connectivity index is 2.24. The van der Waals surface area contributed by atoms with E-state index in [9.17, 15) is 0 Å². The third kappa shape index (κ3) is 2.92. The summed E-state index contributed by atoms with van der Waals surface area (Å²) in [5.74, 6) is 0. The lowest BCUT2D eigenvalue weighted by Gasteiger charge is -2.14. The van der Waals surface area contributed by atoms with Crippen molar-refractivity contribution in [2.24, 2.45) is 7.05 Å². The third-order valence-electron chi connectivity index (χ3n) is 2.59. The van der Waals surface area contributed by atoms with Gasteiger partial charge in [0, 0.05) is 24.2 Å². The fourth-order valence-corrected chi connectivity index (χ4v) is 2.42. The first-order chi connectivity index (χ1) is 8.20. The molecule has 0 amide bonds. The molecule has 0 bridgehead atoms. The molecule has 1 N–H and O–H groups in total. The number of nitrogens with one attached hydrogen (secondary N) is 1. The molecule has 0 aliphatic carbocycles. The van der Waals surface area contributed by atoms with Gasteiger partial charge in [0.25, 0.3) is 0 Å². The van der Waals surface area contributed by atoms with E-state index in [0.717, 1.165) is 23.7 Å². The van der Waals surface area contributed by atoms with Crippen molar-refractivity contribution in [1.82, 2.24) is 20.1 Å². The second-order valence-electron chi connectivity index (χ2n) is 4.13. The van der Waals surface area contributed by atoms with E-state index in [1.165, 1.54) is 5.56 Å². The number of hydrogen-bond acceptors (Lipinski definition) is 4. The molecule has 1 unspecified atom stereocenters. The van der Waals surface area contributed by atoms with Crippen LogP contribution < -0.4 is 5.32 Å². The number of nitrogens with zero attached hydrogens (tertiary/aromatic N) is 3. The summed E-state index contributed by atoms with van der Waals surface area (Å²) in [4.78, 5) is 4.57. The van der Waals surface area contributed by atoms with E-state index < -0.39 is 0 Å². The second kappa shape index (κ2) is 5.42. The Bertz CT molecular complexity index is 434. The summed E-state index contributed by atoms with van der Waals surface area (Å²) in [5.41, 5.74) is 2.26. The van der Waals surface area contributed by atoms with Gasteiger partial charge in [0.05, 0.1) is 22.9 Å². The number of hydrogen-bond donors (Lipinski definition) is 1. The number of aromatic nitrogens is 3. The molecule has 1 atom stereocenters. The van der Waals surface area contributed by atoms with E-state index in [0.29, 0.717) is 0 Å². The predicted molar refractivity (Wildman–Crippen MR) is 70.2 cm³/mol. The molecule has 2 aromatic rings. The second-order valence-corrected chi connectivity index (χ2v) is 5.19. The molecule has 2 aromatic heterocycles. The van der Waals surface area contributed by atoms with Crippen LogP contribution in [0, 0.1) is 6.92 Å². The normalized spacial score (nSPS) is 12.9. The van der Waals surface area contributed by atoms with Gasteiger partial charge in [-0.15, -0.1) is 11.3 Å². The lowest BCUT2D eigenvalue weighted by Crippen LogP contribution is -2.23. The molecule has 17 heavy (non-hydrogen) atoms. The van der Waals surface area contributed by atoms with Gasteiger partial charge in [0.1, 0.15) is 0 Å². The highest BCUT2D eigenvalue weighted by atomic mass is 32.1. The minimum atomic E-state index is 0.161. The standard InChI is InChI=1S/C12H18N4S/c1-4-5-13-12(10-6-14-16(3)7-10)11-8-17-9(2)15-11/h6-8,12-13H,4-5H2,1-3H3. The van der Waals surface area contributed by atoms with Crippen LogP contribution >= 0.6 is 11.3 Å². The van der Waals surface area contributed by atoms with Crippen molar-refractivity contribution >= 4 is 11.3 Å². The molecular weight excluding hydrogens is 232 g/mol. The molecule has 0 spiro atoms. The first-order valence-electron chi connectivity index (χ1n) is 5.84. The highest BCUT2D eigenvalue weighted by Gasteiger charge is 2.17. The predicted octanol–water partition coefficient (Wildman–Crippen LogP) is 2.27. The molecule has 0 radical (unpaired) electrons. The van der Waals surface area contributed by atoms with Crippen molar-refractivity contribution in [2.75, 3.05) is 6.54 Å². The van der Waals surface area contributed by atoms with Gasteiger partial charge in [-0.05, 0) is 19.9 Å². The van der Waals surface area contributed by atoms with Crippen molar-refractivity contribution in [2.45, 2.75) is 26.3 Å². The maximum atomic E-state index is 4.57. The zero-order chi connectivity index (χ0) is 12.3. The average molecular weight is 250 g/mol. The van der Waals surface area contributed by atoms with Gasteiger partial charge in [-0.1, -0.05) is 6.92 Å². The molecule has 0 aromatic carbocycles. The van der Waals surface area contributed by atoms with Crippen LogP contribution in [-0.2, 0) is 7.05 Å². The Labute approximate surface area is 106 Å². The average Bonchev–Trinajstić information content (AvgIpc) is 2.89. The van der Waals surface area contributed by atoms with E-state index in [-0.39, 0.29) is 6.04 Å². The summed E-state index contributed by atoms with van der Waals surface area (Å²) in [7, 11) is 1.94. The molecule has 2 rings (SSSR count). The van der Waals surface area contributed by atoms with E-state index >= 15 is 0 Å². The number of rotatable bonds is 5. The maximum absolute atomic E-state index is 4.57. The molecule has 2 heterocycles. The fourth-order valence-electron chi connectivity index (χ4n) is 1.78. The van der Waals surface area contributed by atoms with Crippen molar-refractivity contribution in [1.29, 1.82) is 0 Å². The minimum absolute atomic E-state index is 0.161. The van der Waals surface area contributed by atoms with Gasteiger partial charge >= 0.3 is 0 Å². The number of aryl methyl sites for hydroxylation is 2. The van der Waals surface area contributed by atoms with Gasteiger partial charge in [-0.3, -0.25) is 4.68 Å². The minimum Gasteiger partial charge on any atom is -0.305 e. The summed E-state index contributed by atoms with van der Waals surface area (Å²) < 4.78 is 1.83. The monoisotopic (exact) mass is 250 g/mol. The van der Waals surface area contributed by atoms with E-state index in [1.807, 2.05) is 31.0 Å². The van der Waals surface area contributed by atoms with Crippen LogP contribution in [0.1, 0.15) is 35.7 Å². The van der Waals surface area contributed by atoms with E-state index in [4.69, 9.17) is 0 Å². The van der Waals surface area contributed by atoms with Gasteiger partial charge in [0.2, 0.25) is 0 Å². The van der Waals surface area contributed by atoms with Crippen LogP contribution in [0.25, 0.3) is 0 Å². The van der Waals surface area contributed by atoms with E-state index in [2.05, 4.69) is 27.7 Å². The Morgan fingerprint density at radius 2 is 2.35 bits per heavy atom. The van der Waals surface area contributed by atoms with Gasteiger partial charge in [0.15, 0.2) is 0 Å². The maximum Gasteiger partial charge on any atom is 0.0898 e. The summed E-state index contributed by atoms with van der Waals surface area (Å²) in [6.07, 6.45) is 5.06. The molecule has 0 aliphatic rings. The third-order valence-corrected chi connectivity index (χ3v) is 3.38. The lowest BCUT2D eigenvalue weighted by atomic mass is 10.1. The lowest BCUT2D eigenvalue weighted by molar-refractivity contribution is 0.587. The highest BCUT2D eigenvalue weighted by molar-refractivity contribution is 7.09. The summed E-state index contributed by atoms with van der Waals surface area (Å²) in [6, 6.07) is 0.161. The topological polar surface area (TPSA) is 42.7 Å². The van der Waals surface area contributed by atoms with Gasteiger partial charge in [-0.2, -0.15) is 5.10 Å². The molecule has 0 fully saturated rings. The highest BCUT2D eigenvalue weighted by Crippen LogP contribution is 2.23. The molecule has 92 valence electrons. The van der Waals surface area contributed by atoms with Crippen LogP contribution in [0.2, 0.25) is 0 Å². The van der Waals surface area contributed by atoms with Crippen LogP contribution in [0.4, 0.5) is 0 Å². The largest absolute Gasteiger partial charge is 0.305 e. The van der Waals surface area contributed by atoms with E-state index in [1.54, 1.807) is 11.3 Å². The summed E-state index contributed by atoms with van der Waals surface area (Å²) >= 11 is 1.69. The molecular formula is C12H18N4S. The Morgan fingerprint density at radius 1 is 1.53 bits per heavy atom. The van der Waals surface area contributed by atoms with Gasteiger partial charge < -0.3 is 5.32 Å². The summed E-state index contributed by atoms with van der Waals surface area (Å²) in [6.45, 7) is 5.18. The molecule has 0 aliphatic heterocycles. The molecule has 0 saturated carbocycles. The van der Waals surface area contributed by atoms with Crippen LogP contribution in [0.5, 0.6) is 0 Å². The van der Waals surface area contributed by atoms with Crippen LogP contribution in [-0.4, -0.2) is 21.3 Å². The van der Waals surface area contributed by atoms with Crippen LogP contribution in [0.15, 0.2) is 17.8 Å². The molecule has 4 nitrogen and oxygen atoms in total. The Hall–Kier alpha value is -1.20. The Morgan fingerprint density at radius 3 is 2.88 bits per heavy atom. The fraction of sp³-hybridized carbons (Fsp3) is 0.500. The molecule has 5 heteroatoms. The Kier molecular flexibility index (Phi) is 3.91. The van der Waals surface area contributed by atoms with Crippen molar-refractivity contribution in [3.05, 3.63) is 34.0 Å². The van der Waals surface area contributed by atoms with Crippen molar-refractivity contribution in [3.8, 4) is 0 Å². The van der Waals surface area contributed by atoms with Crippen molar-refractivity contribution in [3.63, 3.8) is 0 Å². The first-order valence-corrected chi connectivity index (χ1v) is 6.72. The molecule has 0 saturated heterocycles. The van der Waals surface area contributed by atoms with Gasteiger partial charge in [-0.25, -0.2) is 4.98 Å².